The van der Waals surface area contributed by atoms with Crippen LogP contribution in [0.1, 0.15) is 52.2 Å². The molecule has 2 heterocycles. The highest BCUT2D eigenvalue weighted by molar-refractivity contribution is 7.14. The predicted molar refractivity (Wildman–Crippen MR) is 92.1 cm³/mol. The van der Waals surface area contributed by atoms with Crippen molar-refractivity contribution < 1.29 is 14.4 Å². The van der Waals surface area contributed by atoms with Gasteiger partial charge in [0.1, 0.15) is 6.04 Å². The molecule has 0 saturated carbocycles. The standard InChI is InChI=1S/C17H23N3O3S/c21-15(20-12-6-3-4-8-18-16(12)22)10-19-17(23)14-9-11-5-1-2-7-13(11)24-14/h9,12H,1-8,10H2,(H,18,22)(H,19,23)(H,20,21)/t12-/m1/s1. The van der Waals surface area contributed by atoms with Gasteiger partial charge in [0.05, 0.1) is 11.4 Å². The van der Waals surface area contributed by atoms with E-state index >= 15 is 0 Å². The molecule has 1 aromatic heterocycles. The minimum Gasteiger partial charge on any atom is -0.354 e. The first-order valence-electron chi connectivity index (χ1n) is 8.60. The van der Waals surface area contributed by atoms with E-state index < -0.39 is 6.04 Å². The van der Waals surface area contributed by atoms with E-state index in [1.807, 2.05) is 6.07 Å². The fourth-order valence-corrected chi connectivity index (χ4v) is 4.34. The van der Waals surface area contributed by atoms with Crippen molar-refractivity contribution in [3.05, 3.63) is 21.4 Å². The van der Waals surface area contributed by atoms with Crippen LogP contribution in [0.15, 0.2) is 6.07 Å². The van der Waals surface area contributed by atoms with Crippen molar-refractivity contribution >= 4 is 29.1 Å². The first-order chi connectivity index (χ1) is 11.6. The molecule has 1 fully saturated rings. The minimum atomic E-state index is -0.494. The number of rotatable bonds is 4. The van der Waals surface area contributed by atoms with Crippen molar-refractivity contribution in [1.29, 1.82) is 0 Å². The third kappa shape index (κ3) is 4.14. The zero-order chi connectivity index (χ0) is 16.9. The van der Waals surface area contributed by atoms with E-state index in [0.29, 0.717) is 17.8 Å². The van der Waals surface area contributed by atoms with E-state index in [-0.39, 0.29) is 24.3 Å². The number of thiophene rings is 1. The minimum absolute atomic E-state index is 0.106. The Kier molecular flexibility index (Phi) is 5.50. The average molecular weight is 349 g/mol. The maximum absolute atomic E-state index is 12.2. The zero-order valence-corrected chi connectivity index (χ0v) is 14.5. The van der Waals surface area contributed by atoms with Crippen LogP contribution >= 0.6 is 11.3 Å². The van der Waals surface area contributed by atoms with Crippen molar-refractivity contribution in [3.63, 3.8) is 0 Å². The fraction of sp³-hybridized carbons (Fsp3) is 0.588. The Hall–Kier alpha value is -1.89. The van der Waals surface area contributed by atoms with Crippen molar-refractivity contribution in [2.24, 2.45) is 0 Å². The van der Waals surface area contributed by atoms with Gasteiger partial charge < -0.3 is 16.0 Å². The van der Waals surface area contributed by atoms with Crippen LogP contribution in [-0.2, 0) is 22.4 Å². The lowest BCUT2D eigenvalue weighted by Crippen LogP contribution is -2.48. The van der Waals surface area contributed by atoms with Crippen molar-refractivity contribution in [2.45, 2.75) is 51.0 Å². The quantitative estimate of drug-likeness (QED) is 0.762. The summed E-state index contributed by atoms with van der Waals surface area (Å²) in [5.41, 5.74) is 1.27. The van der Waals surface area contributed by atoms with Crippen LogP contribution < -0.4 is 16.0 Å². The number of carbonyl (C=O) groups is 3. The molecule has 1 aromatic rings. The number of amides is 3. The Morgan fingerprint density at radius 3 is 2.88 bits per heavy atom. The molecule has 3 amide bonds. The SMILES string of the molecule is O=C(CNC(=O)c1cc2c(s1)CCCC2)N[C@@H]1CCCCNC1=O. The number of nitrogens with one attached hydrogen (secondary N) is 3. The van der Waals surface area contributed by atoms with Crippen LogP contribution in [-0.4, -0.2) is 36.9 Å². The molecule has 0 spiro atoms. The largest absolute Gasteiger partial charge is 0.354 e. The van der Waals surface area contributed by atoms with Gasteiger partial charge in [0.2, 0.25) is 11.8 Å². The molecular weight excluding hydrogens is 326 g/mol. The molecule has 6 nitrogen and oxygen atoms in total. The van der Waals surface area contributed by atoms with Crippen LogP contribution in [0, 0.1) is 0 Å². The molecule has 0 aromatic carbocycles. The molecule has 2 aliphatic rings. The number of fused-ring (bicyclic) bond motifs is 1. The molecule has 0 bridgehead atoms. The van der Waals surface area contributed by atoms with Crippen LogP contribution in [0.2, 0.25) is 0 Å². The summed E-state index contributed by atoms with van der Waals surface area (Å²) in [5.74, 6) is -0.681. The van der Waals surface area contributed by atoms with Gasteiger partial charge in [0.25, 0.3) is 5.91 Å². The Bertz CT molecular complexity index is 618. The zero-order valence-electron chi connectivity index (χ0n) is 13.7. The Morgan fingerprint density at radius 2 is 2.04 bits per heavy atom. The lowest BCUT2D eigenvalue weighted by atomic mass is 9.99. The Labute approximate surface area is 145 Å². The van der Waals surface area contributed by atoms with E-state index in [1.54, 1.807) is 0 Å². The summed E-state index contributed by atoms with van der Waals surface area (Å²) in [5, 5.41) is 8.14. The highest BCUT2D eigenvalue weighted by atomic mass is 32.1. The molecular formula is C17H23N3O3S. The highest BCUT2D eigenvalue weighted by Gasteiger charge is 2.23. The van der Waals surface area contributed by atoms with Gasteiger partial charge in [0.15, 0.2) is 0 Å². The molecule has 1 aliphatic carbocycles. The second kappa shape index (κ2) is 7.79. The molecule has 24 heavy (non-hydrogen) atoms. The monoisotopic (exact) mass is 349 g/mol. The third-order valence-electron chi connectivity index (χ3n) is 4.50. The van der Waals surface area contributed by atoms with E-state index in [9.17, 15) is 14.4 Å². The normalized spacial score (nSPS) is 20.5. The lowest BCUT2D eigenvalue weighted by molar-refractivity contribution is -0.128. The number of carbonyl (C=O) groups excluding carboxylic acids is 3. The molecule has 0 radical (unpaired) electrons. The molecule has 3 rings (SSSR count). The van der Waals surface area contributed by atoms with Gasteiger partial charge in [-0.25, -0.2) is 0 Å². The first kappa shape index (κ1) is 17.0. The molecule has 1 saturated heterocycles. The Balaban J connectivity index is 1.49. The van der Waals surface area contributed by atoms with Crippen molar-refractivity contribution in [1.82, 2.24) is 16.0 Å². The fourth-order valence-electron chi connectivity index (χ4n) is 3.17. The summed E-state index contributed by atoms with van der Waals surface area (Å²) in [6.07, 6.45) is 6.91. The Morgan fingerprint density at radius 1 is 1.21 bits per heavy atom. The van der Waals surface area contributed by atoms with Crippen molar-refractivity contribution in [3.8, 4) is 0 Å². The summed E-state index contributed by atoms with van der Waals surface area (Å²) in [6.45, 7) is 0.552. The number of hydrogen-bond donors (Lipinski definition) is 3. The summed E-state index contributed by atoms with van der Waals surface area (Å²) in [7, 11) is 0. The number of hydrogen-bond acceptors (Lipinski definition) is 4. The van der Waals surface area contributed by atoms with Crippen LogP contribution in [0.5, 0.6) is 0 Å². The van der Waals surface area contributed by atoms with E-state index in [4.69, 9.17) is 0 Å². The topological polar surface area (TPSA) is 87.3 Å². The smallest absolute Gasteiger partial charge is 0.261 e. The predicted octanol–water partition coefficient (Wildman–Crippen LogP) is 1.14. The average Bonchev–Trinajstić information content (AvgIpc) is 2.92. The maximum atomic E-state index is 12.2. The second-order valence-corrected chi connectivity index (χ2v) is 7.49. The molecule has 3 N–H and O–H groups in total. The summed E-state index contributed by atoms with van der Waals surface area (Å²) >= 11 is 1.53. The van der Waals surface area contributed by atoms with Gasteiger partial charge >= 0.3 is 0 Å². The molecule has 0 unspecified atom stereocenters. The van der Waals surface area contributed by atoms with Crippen LogP contribution in [0.25, 0.3) is 0 Å². The van der Waals surface area contributed by atoms with Gasteiger partial charge in [-0.05, 0) is 56.6 Å². The van der Waals surface area contributed by atoms with E-state index in [2.05, 4.69) is 16.0 Å². The van der Waals surface area contributed by atoms with Gasteiger partial charge in [-0.15, -0.1) is 11.3 Å². The first-order valence-corrected chi connectivity index (χ1v) is 9.42. The maximum Gasteiger partial charge on any atom is 0.261 e. The summed E-state index contributed by atoms with van der Waals surface area (Å²) in [6, 6.07) is 1.46. The molecule has 1 aliphatic heterocycles. The third-order valence-corrected chi connectivity index (χ3v) is 5.74. The number of aryl methyl sites for hydroxylation is 2. The van der Waals surface area contributed by atoms with Gasteiger partial charge in [-0.3, -0.25) is 14.4 Å². The van der Waals surface area contributed by atoms with Gasteiger partial charge in [0, 0.05) is 11.4 Å². The van der Waals surface area contributed by atoms with Crippen LogP contribution in [0.4, 0.5) is 0 Å². The summed E-state index contributed by atoms with van der Waals surface area (Å²) in [4.78, 5) is 38.0. The molecule has 1 atom stereocenters. The highest BCUT2D eigenvalue weighted by Crippen LogP contribution is 2.29. The molecule has 130 valence electrons. The van der Waals surface area contributed by atoms with E-state index in [1.165, 1.54) is 34.6 Å². The summed E-state index contributed by atoms with van der Waals surface area (Å²) < 4.78 is 0. The van der Waals surface area contributed by atoms with Gasteiger partial charge in [-0.1, -0.05) is 0 Å². The molecule has 7 heteroatoms. The second-order valence-electron chi connectivity index (χ2n) is 6.36. The van der Waals surface area contributed by atoms with Gasteiger partial charge in [-0.2, -0.15) is 0 Å². The van der Waals surface area contributed by atoms with Crippen LogP contribution in [0.3, 0.4) is 0 Å². The lowest BCUT2D eigenvalue weighted by Gasteiger charge is -2.15. The van der Waals surface area contributed by atoms with E-state index in [0.717, 1.165) is 25.7 Å². The van der Waals surface area contributed by atoms with Crippen molar-refractivity contribution in [2.75, 3.05) is 13.1 Å².